The van der Waals surface area contributed by atoms with Crippen molar-refractivity contribution >= 4 is 32.7 Å². The van der Waals surface area contributed by atoms with E-state index in [0.717, 1.165) is 19.6 Å². The molecule has 2 aromatic rings. The summed E-state index contributed by atoms with van der Waals surface area (Å²) in [5.41, 5.74) is 5.53. The van der Waals surface area contributed by atoms with Crippen LogP contribution in [0, 0.1) is 13.8 Å². The van der Waals surface area contributed by atoms with Crippen molar-refractivity contribution < 1.29 is 8.42 Å². The van der Waals surface area contributed by atoms with Crippen LogP contribution in [0.1, 0.15) is 19.6 Å². The van der Waals surface area contributed by atoms with E-state index in [2.05, 4.69) is 9.71 Å². The first-order valence-electron chi connectivity index (χ1n) is 5.62. The molecular formula is C11H15N3O2S3. The molecule has 0 aliphatic heterocycles. The van der Waals surface area contributed by atoms with Gasteiger partial charge in [-0.25, -0.2) is 18.1 Å². The zero-order chi connectivity index (χ0) is 14.0. The predicted octanol–water partition coefficient (Wildman–Crippen LogP) is 1.76. The maximum Gasteiger partial charge on any atom is 0.242 e. The van der Waals surface area contributed by atoms with Crippen LogP contribution in [0.15, 0.2) is 17.2 Å². The van der Waals surface area contributed by atoms with Crippen LogP contribution >= 0.6 is 22.7 Å². The first-order chi connectivity index (χ1) is 8.92. The van der Waals surface area contributed by atoms with E-state index < -0.39 is 10.0 Å². The molecule has 0 aliphatic rings. The average molecular weight is 317 g/mol. The number of rotatable bonds is 5. The summed E-state index contributed by atoms with van der Waals surface area (Å²) in [4.78, 5) is 6.93. The van der Waals surface area contributed by atoms with Crippen LogP contribution < -0.4 is 10.5 Å². The predicted molar refractivity (Wildman–Crippen MR) is 77.8 cm³/mol. The lowest BCUT2D eigenvalue weighted by atomic mass is 10.4. The third-order valence-corrected chi connectivity index (χ3v) is 6.16. The fourth-order valence-electron chi connectivity index (χ4n) is 1.62. The van der Waals surface area contributed by atoms with E-state index in [1.54, 1.807) is 19.2 Å². The van der Waals surface area contributed by atoms with Crippen LogP contribution in [0.3, 0.4) is 0 Å². The summed E-state index contributed by atoms with van der Waals surface area (Å²) in [6.07, 6.45) is 1.69. The van der Waals surface area contributed by atoms with E-state index in [1.807, 2.05) is 6.92 Å². The summed E-state index contributed by atoms with van der Waals surface area (Å²) in [6.45, 7) is 4.30. The van der Waals surface area contributed by atoms with Gasteiger partial charge >= 0.3 is 0 Å². The van der Waals surface area contributed by atoms with Crippen LogP contribution in [0.25, 0.3) is 0 Å². The van der Waals surface area contributed by atoms with Crippen molar-refractivity contribution in [2.75, 3.05) is 0 Å². The minimum Gasteiger partial charge on any atom is -0.326 e. The van der Waals surface area contributed by atoms with Gasteiger partial charge in [0.1, 0.15) is 0 Å². The number of thiazole rings is 1. The molecule has 2 heterocycles. The molecule has 0 atom stereocenters. The molecule has 3 N–H and O–H groups in total. The van der Waals surface area contributed by atoms with Crippen LogP contribution in [0.2, 0.25) is 0 Å². The van der Waals surface area contributed by atoms with Gasteiger partial charge in [0.15, 0.2) is 0 Å². The Morgan fingerprint density at radius 3 is 2.58 bits per heavy atom. The molecule has 104 valence electrons. The second kappa shape index (κ2) is 5.68. The topological polar surface area (TPSA) is 85.1 Å². The number of nitrogens with one attached hydrogen (secondary N) is 1. The molecule has 2 aromatic heterocycles. The van der Waals surface area contributed by atoms with Gasteiger partial charge in [0, 0.05) is 33.9 Å². The van der Waals surface area contributed by atoms with Crippen molar-refractivity contribution in [2.24, 2.45) is 5.73 Å². The van der Waals surface area contributed by atoms with Crippen molar-refractivity contribution in [3.05, 3.63) is 31.9 Å². The molecule has 0 aliphatic carbocycles. The summed E-state index contributed by atoms with van der Waals surface area (Å²) in [6, 6.07) is 1.64. The zero-order valence-corrected chi connectivity index (χ0v) is 13.1. The highest BCUT2D eigenvalue weighted by molar-refractivity contribution is 7.89. The quantitative estimate of drug-likeness (QED) is 0.880. The van der Waals surface area contributed by atoms with Gasteiger partial charge in [0.2, 0.25) is 10.0 Å². The number of aromatic nitrogens is 1. The number of aryl methyl sites for hydroxylation is 2. The molecule has 5 nitrogen and oxygen atoms in total. The van der Waals surface area contributed by atoms with Crippen molar-refractivity contribution in [3.63, 3.8) is 0 Å². The minimum atomic E-state index is -3.49. The largest absolute Gasteiger partial charge is 0.326 e. The molecular weight excluding hydrogens is 302 g/mol. The first-order valence-corrected chi connectivity index (χ1v) is 8.74. The smallest absolute Gasteiger partial charge is 0.242 e. The molecule has 0 bridgehead atoms. The maximum absolute atomic E-state index is 12.2. The van der Waals surface area contributed by atoms with E-state index in [9.17, 15) is 8.42 Å². The highest BCUT2D eigenvalue weighted by Crippen LogP contribution is 2.25. The molecule has 0 amide bonds. The molecule has 0 fully saturated rings. The monoisotopic (exact) mass is 317 g/mol. The van der Waals surface area contributed by atoms with Gasteiger partial charge in [-0.2, -0.15) is 0 Å². The Bertz CT molecular complexity index is 673. The van der Waals surface area contributed by atoms with Crippen LogP contribution in [0.5, 0.6) is 0 Å². The van der Waals surface area contributed by atoms with Crippen LogP contribution in [-0.2, 0) is 23.1 Å². The van der Waals surface area contributed by atoms with E-state index in [-0.39, 0.29) is 6.54 Å². The second-order valence-corrected chi connectivity index (χ2v) is 8.40. The molecule has 0 saturated carbocycles. The lowest BCUT2D eigenvalue weighted by Gasteiger charge is -2.04. The van der Waals surface area contributed by atoms with Crippen molar-refractivity contribution in [3.8, 4) is 0 Å². The molecule has 0 aromatic carbocycles. The lowest BCUT2D eigenvalue weighted by molar-refractivity contribution is 0.581. The van der Waals surface area contributed by atoms with Gasteiger partial charge < -0.3 is 5.73 Å². The fourth-order valence-corrected chi connectivity index (χ4v) is 4.97. The Labute approximate surface area is 120 Å². The number of hydrogen-bond donors (Lipinski definition) is 2. The Hall–Kier alpha value is -0.800. The summed E-state index contributed by atoms with van der Waals surface area (Å²) in [7, 11) is -3.49. The van der Waals surface area contributed by atoms with Crippen molar-refractivity contribution in [1.82, 2.24) is 9.71 Å². The van der Waals surface area contributed by atoms with Gasteiger partial charge in [-0.3, -0.25) is 0 Å². The number of thiophene rings is 1. The zero-order valence-electron chi connectivity index (χ0n) is 10.6. The second-order valence-electron chi connectivity index (χ2n) is 4.01. The number of sulfonamides is 1. The Morgan fingerprint density at radius 2 is 2.05 bits per heavy atom. The molecule has 0 radical (unpaired) electrons. The number of nitrogens with two attached hydrogens (primary N) is 1. The van der Waals surface area contributed by atoms with Gasteiger partial charge in [-0.1, -0.05) is 0 Å². The molecule has 0 spiro atoms. The van der Waals surface area contributed by atoms with E-state index >= 15 is 0 Å². The minimum absolute atomic E-state index is 0.265. The SMILES string of the molecule is Cc1ncc(CNS(=O)(=O)c2cc(CN)sc2C)s1. The molecule has 0 unspecified atom stereocenters. The van der Waals surface area contributed by atoms with Crippen molar-refractivity contribution in [2.45, 2.75) is 31.8 Å². The highest BCUT2D eigenvalue weighted by Gasteiger charge is 2.19. The normalized spacial score (nSPS) is 11.9. The highest BCUT2D eigenvalue weighted by atomic mass is 32.2. The molecule has 2 rings (SSSR count). The maximum atomic E-state index is 12.2. The van der Waals surface area contributed by atoms with E-state index in [4.69, 9.17) is 5.73 Å². The standard InChI is InChI=1S/C11H15N3O2S3/c1-7-11(3-9(4-12)17-7)19(15,16)14-6-10-5-13-8(2)18-10/h3,5,14H,4,6,12H2,1-2H3. The van der Waals surface area contributed by atoms with Crippen LogP contribution in [-0.4, -0.2) is 13.4 Å². The van der Waals surface area contributed by atoms with E-state index in [1.165, 1.54) is 22.7 Å². The molecule has 8 heteroatoms. The molecule has 19 heavy (non-hydrogen) atoms. The number of nitrogens with zero attached hydrogens (tertiary/aromatic N) is 1. The lowest BCUT2D eigenvalue weighted by Crippen LogP contribution is -2.23. The van der Waals surface area contributed by atoms with Gasteiger partial charge in [0.25, 0.3) is 0 Å². The van der Waals surface area contributed by atoms with Gasteiger partial charge in [0.05, 0.1) is 9.90 Å². The fraction of sp³-hybridized carbons (Fsp3) is 0.364. The molecule has 0 saturated heterocycles. The number of hydrogen-bond acceptors (Lipinski definition) is 6. The van der Waals surface area contributed by atoms with Gasteiger partial charge in [-0.05, 0) is 19.9 Å². The Balaban J connectivity index is 2.15. The summed E-state index contributed by atoms with van der Waals surface area (Å²) in [5, 5.41) is 0.923. The summed E-state index contributed by atoms with van der Waals surface area (Å²) < 4.78 is 27.0. The van der Waals surface area contributed by atoms with Crippen molar-refractivity contribution in [1.29, 1.82) is 0 Å². The van der Waals surface area contributed by atoms with Crippen LogP contribution in [0.4, 0.5) is 0 Å². The van der Waals surface area contributed by atoms with E-state index in [0.29, 0.717) is 11.4 Å². The third kappa shape index (κ3) is 3.40. The Morgan fingerprint density at radius 1 is 1.32 bits per heavy atom. The Kier molecular flexibility index (Phi) is 4.36. The van der Waals surface area contributed by atoms with Gasteiger partial charge in [-0.15, -0.1) is 22.7 Å². The first kappa shape index (κ1) is 14.6. The third-order valence-electron chi connectivity index (χ3n) is 2.52. The average Bonchev–Trinajstić information content (AvgIpc) is 2.93. The summed E-state index contributed by atoms with van der Waals surface area (Å²) in [5.74, 6) is 0. The summed E-state index contributed by atoms with van der Waals surface area (Å²) >= 11 is 2.90.